The minimum absolute atomic E-state index is 0.163. The van der Waals surface area contributed by atoms with Crippen LogP contribution in [-0.2, 0) is 9.59 Å². The molecule has 4 unspecified atom stereocenters. The topological polar surface area (TPSA) is 40.6 Å². The molecule has 2 amide bonds. The molecule has 0 bridgehead atoms. The number of amides is 2. The van der Waals surface area contributed by atoms with Crippen LogP contribution in [-0.4, -0.2) is 46.3 Å². The Morgan fingerprint density at radius 2 is 1.86 bits per heavy atom. The lowest BCUT2D eigenvalue weighted by atomic mass is 9.82. The molecule has 2 heterocycles. The largest absolute Gasteiger partial charge is 0.329 e. The van der Waals surface area contributed by atoms with Gasteiger partial charge in [0.15, 0.2) is 0 Å². The molecular formula is C17H28N2O2. The maximum atomic E-state index is 12.9. The number of fused-ring (bicyclic) bond motifs is 1. The molecule has 21 heavy (non-hydrogen) atoms. The Morgan fingerprint density at radius 1 is 1.05 bits per heavy atom. The van der Waals surface area contributed by atoms with Crippen LogP contribution in [0.25, 0.3) is 0 Å². The van der Waals surface area contributed by atoms with Gasteiger partial charge in [0, 0.05) is 12.6 Å². The van der Waals surface area contributed by atoms with E-state index in [0.29, 0.717) is 6.04 Å². The van der Waals surface area contributed by atoms with E-state index >= 15 is 0 Å². The summed E-state index contributed by atoms with van der Waals surface area (Å²) in [5.41, 5.74) is 0. The van der Waals surface area contributed by atoms with Crippen LogP contribution in [0.2, 0.25) is 0 Å². The van der Waals surface area contributed by atoms with Crippen LogP contribution in [0.3, 0.4) is 0 Å². The number of rotatable bonds is 2. The summed E-state index contributed by atoms with van der Waals surface area (Å²) in [7, 11) is 0. The first kappa shape index (κ1) is 14.9. The molecule has 4 atom stereocenters. The normalized spacial score (nSPS) is 37.6. The average Bonchev–Trinajstić information content (AvgIpc) is 2.53. The summed E-state index contributed by atoms with van der Waals surface area (Å²) < 4.78 is 0. The second-order valence-corrected chi connectivity index (χ2v) is 7.06. The van der Waals surface area contributed by atoms with Gasteiger partial charge in [0.05, 0.1) is 0 Å². The molecule has 2 saturated heterocycles. The van der Waals surface area contributed by atoms with Gasteiger partial charge in [0.25, 0.3) is 0 Å². The second-order valence-electron chi connectivity index (χ2n) is 7.06. The highest BCUT2D eigenvalue weighted by atomic mass is 16.2. The van der Waals surface area contributed by atoms with Crippen molar-refractivity contribution in [3.63, 3.8) is 0 Å². The number of piperidine rings is 1. The lowest BCUT2D eigenvalue weighted by molar-refractivity contribution is -0.166. The first-order chi connectivity index (χ1) is 10.1. The Morgan fingerprint density at radius 3 is 2.62 bits per heavy atom. The highest BCUT2D eigenvalue weighted by molar-refractivity contribution is 5.97. The average molecular weight is 292 g/mol. The number of hydrogen-bond donors (Lipinski definition) is 0. The zero-order valence-electron chi connectivity index (χ0n) is 13.4. The molecule has 4 heteroatoms. The molecular weight excluding hydrogens is 264 g/mol. The smallest absolute Gasteiger partial charge is 0.246 e. The predicted molar refractivity (Wildman–Crippen MR) is 81.7 cm³/mol. The molecule has 4 nitrogen and oxygen atoms in total. The maximum Gasteiger partial charge on any atom is 0.246 e. The molecule has 0 aromatic carbocycles. The zero-order chi connectivity index (χ0) is 15.0. The summed E-state index contributed by atoms with van der Waals surface area (Å²) in [6.07, 6.45) is 8.82. The van der Waals surface area contributed by atoms with Gasteiger partial charge in [0.2, 0.25) is 11.8 Å². The van der Waals surface area contributed by atoms with Crippen LogP contribution in [0.4, 0.5) is 0 Å². The highest BCUT2D eigenvalue weighted by Crippen LogP contribution is 2.34. The van der Waals surface area contributed by atoms with Crippen LogP contribution in [0.1, 0.15) is 65.2 Å². The summed E-state index contributed by atoms with van der Waals surface area (Å²) >= 11 is 0. The van der Waals surface area contributed by atoms with Gasteiger partial charge in [-0.3, -0.25) is 9.59 Å². The summed E-state index contributed by atoms with van der Waals surface area (Å²) in [5.74, 6) is 1.13. The van der Waals surface area contributed by atoms with Crippen LogP contribution in [0, 0.1) is 5.92 Å². The van der Waals surface area contributed by atoms with Gasteiger partial charge >= 0.3 is 0 Å². The van der Waals surface area contributed by atoms with Gasteiger partial charge in [-0.1, -0.05) is 26.2 Å². The van der Waals surface area contributed by atoms with E-state index in [4.69, 9.17) is 0 Å². The minimum atomic E-state index is -0.257. The summed E-state index contributed by atoms with van der Waals surface area (Å²) in [6.45, 7) is 4.94. The van der Waals surface area contributed by atoms with Crippen LogP contribution in [0.15, 0.2) is 0 Å². The van der Waals surface area contributed by atoms with Gasteiger partial charge < -0.3 is 9.80 Å². The molecule has 1 saturated carbocycles. The molecule has 0 aromatic rings. The molecule has 0 aromatic heterocycles. The van der Waals surface area contributed by atoms with Crippen molar-refractivity contribution in [2.75, 3.05) is 6.54 Å². The lowest BCUT2D eigenvalue weighted by Crippen LogP contribution is -2.67. The summed E-state index contributed by atoms with van der Waals surface area (Å²) in [6, 6.07) is -0.129. The Balaban J connectivity index is 1.80. The second kappa shape index (κ2) is 5.98. The van der Waals surface area contributed by atoms with Crippen molar-refractivity contribution in [2.45, 2.75) is 83.3 Å². The van der Waals surface area contributed by atoms with Gasteiger partial charge in [-0.15, -0.1) is 0 Å². The van der Waals surface area contributed by atoms with Crippen molar-refractivity contribution < 1.29 is 9.59 Å². The Hall–Kier alpha value is -1.06. The fourth-order valence-electron chi connectivity index (χ4n) is 4.56. The van der Waals surface area contributed by atoms with E-state index in [0.717, 1.165) is 44.6 Å². The quantitative estimate of drug-likeness (QED) is 0.785. The Labute approximate surface area is 127 Å². The molecule has 1 aliphatic carbocycles. The highest BCUT2D eigenvalue weighted by Gasteiger charge is 2.47. The fraction of sp³-hybridized carbons (Fsp3) is 0.882. The number of nitrogens with zero attached hydrogens (tertiary/aromatic N) is 2. The Kier molecular flexibility index (Phi) is 4.23. The first-order valence-electron chi connectivity index (χ1n) is 8.76. The molecule has 3 aliphatic rings. The number of piperazine rings is 1. The summed E-state index contributed by atoms with van der Waals surface area (Å²) in [5, 5.41) is 0. The van der Waals surface area contributed by atoms with E-state index < -0.39 is 0 Å². The van der Waals surface area contributed by atoms with Crippen LogP contribution in [0.5, 0.6) is 0 Å². The van der Waals surface area contributed by atoms with Gasteiger partial charge in [-0.2, -0.15) is 0 Å². The zero-order valence-corrected chi connectivity index (χ0v) is 13.4. The van der Waals surface area contributed by atoms with Gasteiger partial charge in [0.1, 0.15) is 12.1 Å². The Bertz CT molecular complexity index is 423. The predicted octanol–water partition coefficient (Wildman–Crippen LogP) is 2.57. The molecule has 0 N–H and O–H groups in total. The number of carbonyl (C=O) groups is 2. The van der Waals surface area contributed by atoms with Gasteiger partial charge in [-0.25, -0.2) is 0 Å². The fourth-order valence-corrected chi connectivity index (χ4v) is 4.56. The van der Waals surface area contributed by atoms with Crippen molar-refractivity contribution in [2.24, 2.45) is 5.92 Å². The molecule has 3 rings (SSSR count). The third-order valence-corrected chi connectivity index (χ3v) is 5.83. The van der Waals surface area contributed by atoms with Crippen molar-refractivity contribution in [3.05, 3.63) is 0 Å². The van der Waals surface area contributed by atoms with E-state index in [-0.39, 0.29) is 23.9 Å². The monoisotopic (exact) mass is 292 g/mol. The molecule has 118 valence electrons. The summed E-state index contributed by atoms with van der Waals surface area (Å²) in [4.78, 5) is 29.4. The van der Waals surface area contributed by atoms with Crippen molar-refractivity contribution in [1.29, 1.82) is 0 Å². The molecule has 3 fully saturated rings. The number of hydrogen-bond acceptors (Lipinski definition) is 2. The minimum Gasteiger partial charge on any atom is -0.329 e. The van der Waals surface area contributed by atoms with Crippen molar-refractivity contribution in [1.82, 2.24) is 9.80 Å². The molecule has 2 aliphatic heterocycles. The van der Waals surface area contributed by atoms with E-state index in [9.17, 15) is 9.59 Å². The maximum absolute atomic E-state index is 12.9. The van der Waals surface area contributed by atoms with E-state index in [2.05, 4.69) is 6.92 Å². The first-order valence-corrected chi connectivity index (χ1v) is 8.76. The van der Waals surface area contributed by atoms with Crippen LogP contribution >= 0.6 is 0 Å². The standard InChI is InChI=1S/C17H28N2O2/c1-3-13-7-6-8-14(11-13)19-12(2)16(20)18-10-5-4-9-15(18)17(19)21/h12-15H,3-11H2,1-2H3. The van der Waals surface area contributed by atoms with Crippen molar-refractivity contribution in [3.8, 4) is 0 Å². The van der Waals surface area contributed by atoms with Crippen molar-refractivity contribution >= 4 is 11.8 Å². The number of carbonyl (C=O) groups excluding carboxylic acids is 2. The molecule has 0 spiro atoms. The van der Waals surface area contributed by atoms with Gasteiger partial charge in [-0.05, 0) is 44.9 Å². The molecule has 0 radical (unpaired) electrons. The van der Waals surface area contributed by atoms with E-state index in [1.807, 2.05) is 16.7 Å². The lowest BCUT2D eigenvalue weighted by Gasteiger charge is -2.50. The van der Waals surface area contributed by atoms with E-state index in [1.54, 1.807) is 0 Å². The van der Waals surface area contributed by atoms with E-state index in [1.165, 1.54) is 19.3 Å². The third-order valence-electron chi connectivity index (χ3n) is 5.83. The SMILES string of the molecule is CCC1CCCC(N2C(=O)C3CCCCN3C(=O)C2C)C1. The third kappa shape index (κ3) is 2.58. The van der Waals surface area contributed by atoms with Crippen LogP contribution < -0.4 is 0 Å².